The van der Waals surface area contributed by atoms with Gasteiger partial charge in [-0.2, -0.15) is 0 Å². The van der Waals surface area contributed by atoms with E-state index in [2.05, 4.69) is 15.2 Å². The predicted octanol–water partition coefficient (Wildman–Crippen LogP) is 2.29. The summed E-state index contributed by atoms with van der Waals surface area (Å²) in [5.41, 5.74) is 1.94. The van der Waals surface area contributed by atoms with Crippen molar-refractivity contribution in [3.8, 4) is 0 Å². The summed E-state index contributed by atoms with van der Waals surface area (Å²) in [6, 6.07) is 12.4. The molecule has 1 saturated heterocycles. The van der Waals surface area contributed by atoms with Gasteiger partial charge in [0.1, 0.15) is 5.82 Å². The molecule has 2 heterocycles. The molecule has 1 aromatic heterocycles. The first-order chi connectivity index (χ1) is 12.2. The fourth-order valence-electron chi connectivity index (χ4n) is 2.95. The van der Waals surface area contributed by atoms with E-state index >= 15 is 0 Å². The van der Waals surface area contributed by atoms with E-state index in [1.165, 1.54) is 12.1 Å². The molecule has 2 amide bonds. The number of rotatable bonds is 5. The fourth-order valence-corrected chi connectivity index (χ4v) is 2.95. The van der Waals surface area contributed by atoms with Crippen LogP contribution in [-0.4, -0.2) is 53.5 Å². The van der Waals surface area contributed by atoms with Gasteiger partial charge < -0.3 is 10.2 Å². The van der Waals surface area contributed by atoms with Gasteiger partial charge in [-0.05, 0) is 36.2 Å². The molecule has 5 nitrogen and oxygen atoms in total. The monoisotopic (exact) mass is 342 g/mol. The number of benzene rings is 1. The average Bonchev–Trinajstić information content (AvgIpc) is 2.63. The SMILES string of the molecule is O=C(NCCc1cccc(F)c1)N1CCN(Cc2ccccn2)CC1. The quantitative estimate of drug-likeness (QED) is 0.907. The first-order valence-corrected chi connectivity index (χ1v) is 8.60. The number of pyridine rings is 1. The van der Waals surface area contributed by atoms with E-state index in [0.29, 0.717) is 26.1 Å². The Morgan fingerprint density at radius 1 is 1.12 bits per heavy atom. The minimum atomic E-state index is -0.243. The largest absolute Gasteiger partial charge is 0.338 e. The van der Waals surface area contributed by atoms with Crippen molar-refractivity contribution >= 4 is 6.03 Å². The third-order valence-electron chi connectivity index (χ3n) is 4.35. The van der Waals surface area contributed by atoms with Crippen LogP contribution in [0.2, 0.25) is 0 Å². The van der Waals surface area contributed by atoms with E-state index in [1.807, 2.05) is 29.2 Å². The number of piperazine rings is 1. The summed E-state index contributed by atoms with van der Waals surface area (Å²) in [6.45, 7) is 4.42. The standard InChI is InChI=1S/C19H23FN4O/c20-17-5-3-4-16(14-17)7-9-22-19(25)24-12-10-23(11-13-24)15-18-6-1-2-8-21-18/h1-6,8,14H,7,9-13,15H2,(H,22,25). The molecule has 0 bridgehead atoms. The average molecular weight is 342 g/mol. The molecule has 25 heavy (non-hydrogen) atoms. The van der Waals surface area contributed by atoms with Gasteiger partial charge in [-0.3, -0.25) is 9.88 Å². The number of urea groups is 1. The number of aromatic nitrogens is 1. The zero-order valence-electron chi connectivity index (χ0n) is 14.2. The minimum absolute atomic E-state index is 0.0473. The number of halogens is 1. The Morgan fingerprint density at radius 2 is 1.96 bits per heavy atom. The van der Waals surface area contributed by atoms with Gasteiger partial charge in [0.2, 0.25) is 0 Å². The third kappa shape index (κ3) is 5.26. The van der Waals surface area contributed by atoms with Crippen LogP contribution in [-0.2, 0) is 13.0 Å². The van der Waals surface area contributed by atoms with Gasteiger partial charge in [0.05, 0.1) is 5.69 Å². The molecule has 1 aromatic carbocycles. The first kappa shape index (κ1) is 17.4. The van der Waals surface area contributed by atoms with Gasteiger partial charge in [-0.15, -0.1) is 0 Å². The second-order valence-corrected chi connectivity index (χ2v) is 6.20. The fraction of sp³-hybridized carbons (Fsp3) is 0.368. The number of nitrogens with zero attached hydrogens (tertiary/aromatic N) is 3. The van der Waals surface area contributed by atoms with Crippen LogP contribution in [0.5, 0.6) is 0 Å². The molecule has 0 aliphatic carbocycles. The van der Waals surface area contributed by atoms with Crippen molar-refractivity contribution in [1.82, 2.24) is 20.1 Å². The Labute approximate surface area is 147 Å². The summed E-state index contributed by atoms with van der Waals surface area (Å²) in [7, 11) is 0. The number of carbonyl (C=O) groups is 1. The third-order valence-corrected chi connectivity index (χ3v) is 4.35. The predicted molar refractivity (Wildman–Crippen MR) is 94.6 cm³/mol. The van der Waals surface area contributed by atoms with Crippen LogP contribution in [0, 0.1) is 5.82 Å². The highest BCUT2D eigenvalue weighted by Gasteiger charge is 2.20. The maximum absolute atomic E-state index is 13.1. The highest BCUT2D eigenvalue weighted by atomic mass is 19.1. The molecule has 0 unspecified atom stereocenters. The minimum Gasteiger partial charge on any atom is -0.338 e. The van der Waals surface area contributed by atoms with Gasteiger partial charge >= 0.3 is 6.03 Å². The van der Waals surface area contributed by atoms with Gasteiger partial charge in [0.25, 0.3) is 0 Å². The Bertz CT molecular complexity index is 687. The zero-order valence-corrected chi connectivity index (χ0v) is 14.2. The van der Waals surface area contributed by atoms with Gasteiger partial charge in [-0.1, -0.05) is 18.2 Å². The molecule has 2 aromatic rings. The molecule has 0 atom stereocenters. The topological polar surface area (TPSA) is 48.5 Å². The van der Waals surface area contributed by atoms with Crippen molar-refractivity contribution in [2.75, 3.05) is 32.7 Å². The van der Waals surface area contributed by atoms with Crippen molar-refractivity contribution in [3.05, 3.63) is 65.7 Å². The molecule has 0 spiro atoms. The molecule has 1 fully saturated rings. The Balaban J connectivity index is 1.38. The molecule has 0 saturated carbocycles. The summed E-state index contributed by atoms with van der Waals surface area (Å²) in [5.74, 6) is -0.243. The van der Waals surface area contributed by atoms with Crippen molar-refractivity contribution in [2.24, 2.45) is 0 Å². The molecule has 0 radical (unpaired) electrons. The Kier molecular flexibility index (Phi) is 5.95. The molecule has 3 rings (SSSR count). The number of amides is 2. The lowest BCUT2D eigenvalue weighted by atomic mass is 10.1. The second kappa shape index (κ2) is 8.58. The van der Waals surface area contributed by atoms with E-state index in [1.54, 1.807) is 12.3 Å². The zero-order chi connectivity index (χ0) is 17.5. The van der Waals surface area contributed by atoms with Crippen LogP contribution in [0.15, 0.2) is 48.7 Å². The number of hydrogen-bond donors (Lipinski definition) is 1. The number of carbonyl (C=O) groups excluding carboxylic acids is 1. The summed E-state index contributed by atoms with van der Waals surface area (Å²) >= 11 is 0. The van der Waals surface area contributed by atoms with E-state index in [0.717, 1.165) is 30.9 Å². The van der Waals surface area contributed by atoms with Crippen LogP contribution in [0.25, 0.3) is 0 Å². The molecular formula is C19H23FN4O. The van der Waals surface area contributed by atoms with Gasteiger partial charge in [-0.25, -0.2) is 9.18 Å². The van der Waals surface area contributed by atoms with Crippen LogP contribution < -0.4 is 5.32 Å². The normalized spacial score (nSPS) is 15.2. The molecule has 132 valence electrons. The lowest BCUT2D eigenvalue weighted by molar-refractivity contribution is 0.134. The molecule has 1 N–H and O–H groups in total. The van der Waals surface area contributed by atoms with Crippen molar-refractivity contribution in [2.45, 2.75) is 13.0 Å². The molecule has 6 heteroatoms. The summed E-state index contributed by atoms with van der Waals surface area (Å²) in [5, 5.41) is 2.92. The lowest BCUT2D eigenvalue weighted by Gasteiger charge is -2.34. The summed E-state index contributed by atoms with van der Waals surface area (Å²) < 4.78 is 13.1. The van der Waals surface area contributed by atoms with Crippen LogP contribution >= 0.6 is 0 Å². The van der Waals surface area contributed by atoms with Crippen LogP contribution in [0.3, 0.4) is 0 Å². The summed E-state index contributed by atoms with van der Waals surface area (Å²) in [6.07, 6.45) is 2.43. The van der Waals surface area contributed by atoms with Crippen LogP contribution in [0.4, 0.5) is 9.18 Å². The number of hydrogen-bond acceptors (Lipinski definition) is 3. The first-order valence-electron chi connectivity index (χ1n) is 8.60. The van der Waals surface area contributed by atoms with Crippen molar-refractivity contribution < 1.29 is 9.18 Å². The molecule has 1 aliphatic rings. The number of nitrogens with one attached hydrogen (secondary N) is 1. The van der Waals surface area contributed by atoms with E-state index in [-0.39, 0.29) is 11.8 Å². The molecule has 1 aliphatic heterocycles. The highest BCUT2D eigenvalue weighted by molar-refractivity contribution is 5.74. The highest BCUT2D eigenvalue weighted by Crippen LogP contribution is 2.07. The van der Waals surface area contributed by atoms with Gasteiger partial charge in [0, 0.05) is 45.5 Å². The maximum atomic E-state index is 13.1. The van der Waals surface area contributed by atoms with Crippen LogP contribution in [0.1, 0.15) is 11.3 Å². The van der Waals surface area contributed by atoms with Crippen molar-refractivity contribution in [1.29, 1.82) is 0 Å². The van der Waals surface area contributed by atoms with Gasteiger partial charge in [0.15, 0.2) is 0 Å². The van der Waals surface area contributed by atoms with E-state index < -0.39 is 0 Å². The van der Waals surface area contributed by atoms with E-state index in [4.69, 9.17) is 0 Å². The Morgan fingerprint density at radius 3 is 2.68 bits per heavy atom. The second-order valence-electron chi connectivity index (χ2n) is 6.20. The maximum Gasteiger partial charge on any atom is 0.317 e. The lowest BCUT2D eigenvalue weighted by Crippen LogP contribution is -2.51. The summed E-state index contributed by atoms with van der Waals surface area (Å²) in [4.78, 5) is 20.7. The smallest absolute Gasteiger partial charge is 0.317 e. The Hall–Kier alpha value is -2.47. The van der Waals surface area contributed by atoms with Crippen molar-refractivity contribution in [3.63, 3.8) is 0 Å². The van der Waals surface area contributed by atoms with E-state index in [9.17, 15) is 9.18 Å². The molecular weight excluding hydrogens is 319 g/mol.